The maximum atomic E-state index is 10.6. The number of carboxylic acid groups (broad SMARTS) is 1. The molecule has 0 aromatic carbocycles. The number of nitrogens with zero attached hydrogens (tertiary/aromatic N) is 1. The molecule has 0 atom stereocenters. The Morgan fingerprint density at radius 1 is 1.64 bits per heavy atom. The molecule has 0 fully saturated rings. The van der Waals surface area contributed by atoms with Gasteiger partial charge in [-0.05, 0) is 0 Å². The molecule has 1 rings (SSSR count). The quantitative estimate of drug-likeness (QED) is 0.513. The smallest absolute Gasteiger partial charge is 0.355 e. The van der Waals surface area contributed by atoms with E-state index in [4.69, 9.17) is 10.8 Å². The average Bonchev–Trinajstić information content (AvgIpc) is 2.08. The van der Waals surface area contributed by atoms with Crippen LogP contribution in [-0.2, 0) is 14.8 Å². The Kier molecular flexibility index (Phi) is 1.45. The lowest BCUT2D eigenvalue weighted by molar-refractivity contribution is -0.129. The summed E-state index contributed by atoms with van der Waals surface area (Å²) in [5.41, 5.74) is 4.38. The Labute approximate surface area is 62.1 Å². The highest BCUT2D eigenvalue weighted by Gasteiger charge is 2.25. The summed E-state index contributed by atoms with van der Waals surface area (Å²) >= 11 is 0. The minimum Gasteiger partial charge on any atom is -0.476 e. The van der Waals surface area contributed by atoms with E-state index < -0.39 is 26.7 Å². The molecule has 0 radical (unpaired) electrons. The zero-order valence-corrected chi connectivity index (χ0v) is 6.00. The van der Waals surface area contributed by atoms with Crippen LogP contribution >= 0.6 is 0 Å². The van der Waals surface area contributed by atoms with E-state index in [1.54, 1.807) is 0 Å². The number of carboxylic acids is 1. The Morgan fingerprint density at radius 2 is 2.18 bits per heavy atom. The third kappa shape index (κ3) is 1.22. The van der Waals surface area contributed by atoms with E-state index in [2.05, 4.69) is 4.40 Å². The van der Waals surface area contributed by atoms with Gasteiger partial charge < -0.3 is 10.8 Å². The first-order chi connectivity index (χ1) is 4.93. The van der Waals surface area contributed by atoms with Gasteiger partial charge in [0, 0.05) is 6.08 Å². The fourth-order valence-corrected chi connectivity index (χ4v) is 1.27. The SMILES string of the molecule is NC1=CC(C(=O)O)=NS1(=O)=O. The van der Waals surface area contributed by atoms with Crippen LogP contribution in [0, 0.1) is 0 Å². The van der Waals surface area contributed by atoms with E-state index in [0.717, 1.165) is 6.08 Å². The van der Waals surface area contributed by atoms with Gasteiger partial charge in [-0.15, -0.1) is 0 Å². The summed E-state index contributed by atoms with van der Waals surface area (Å²) in [4.78, 5) is 10.1. The second kappa shape index (κ2) is 2.06. The first kappa shape index (κ1) is 7.73. The number of carbonyl (C=O) groups is 1. The number of rotatable bonds is 1. The number of sulfonamides is 1. The summed E-state index contributed by atoms with van der Waals surface area (Å²) in [6, 6.07) is 0. The molecule has 0 aromatic rings. The zero-order valence-electron chi connectivity index (χ0n) is 5.18. The van der Waals surface area contributed by atoms with E-state index in [-0.39, 0.29) is 0 Å². The average molecular weight is 176 g/mol. The van der Waals surface area contributed by atoms with Gasteiger partial charge in [-0.25, -0.2) is 4.79 Å². The molecule has 0 bridgehead atoms. The highest BCUT2D eigenvalue weighted by Crippen LogP contribution is 2.10. The Balaban J connectivity index is 3.22. The molecular weight excluding hydrogens is 172 g/mol. The topological polar surface area (TPSA) is 110 Å². The van der Waals surface area contributed by atoms with Crippen molar-refractivity contribution in [1.82, 2.24) is 0 Å². The molecule has 0 aromatic heterocycles. The molecule has 11 heavy (non-hydrogen) atoms. The van der Waals surface area contributed by atoms with Gasteiger partial charge in [0.2, 0.25) is 0 Å². The number of hydrogen-bond donors (Lipinski definition) is 2. The molecule has 1 heterocycles. The normalized spacial score (nSPS) is 20.7. The monoisotopic (exact) mass is 176 g/mol. The standard InChI is InChI=1S/C4H4N2O4S/c5-3-1-2(4(7)8)6-11(3,9)10/h1H,5H2,(H,7,8). The van der Waals surface area contributed by atoms with Crippen molar-refractivity contribution in [3.05, 3.63) is 11.1 Å². The van der Waals surface area contributed by atoms with Crippen molar-refractivity contribution in [3.63, 3.8) is 0 Å². The third-order valence-electron chi connectivity index (χ3n) is 1.01. The van der Waals surface area contributed by atoms with Crippen LogP contribution in [0.5, 0.6) is 0 Å². The molecule has 6 nitrogen and oxygen atoms in total. The van der Waals surface area contributed by atoms with Crippen molar-refractivity contribution in [1.29, 1.82) is 0 Å². The van der Waals surface area contributed by atoms with Gasteiger partial charge in [-0.1, -0.05) is 0 Å². The number of hydrogen-bond acceptors (Lipinski definition) is 4. The van der Waals surface area contributed by atoms with E-state index >= 15 is 0 Å². The molecule has 1 aliphatic heterocycles. The molecule has 1 aliphatic rings. The maximum Gasteiger partial charge on any atom is 0.355 e. The zero-order chi connectivity index (χ0) is 8.65. The predicted molar refractivity (Wildman–Crippen MR) is 36.3 cm³/mol. The van der Waals surface area contributed by atoms with Crippen molar-refractivity contribution in [2.24, 2.45) is 10.1 Å². The Hall–Kier alpha value is -1.37. The summed E-state index contributed by atoms with van der Waals surface area (Å²) in [5, 5.41) is 7.74. The second-order valence-electron chi connectivity index (χ2n) is 1.80. The van der Waals surface area contributed by atoms with E-state index in [1.807, 2.05) is 0 Å². The number of aliphatic carboxylic acids is 1. The summed E-state index contributed by atoms with van der Waals surface area (Å²) in [5.74, 6) is -1.41. The van der Waals surface area contributed by atoms with Crippen LogP contribution in [0.25, 0.3) is 0 Å². The van der Waals surface area contributed by atoms with Crippen LogP contribution in [0.1, 0.15) is 0 Å². The molecule has 0 aliphatic carbocycles. The van der Waals surface area contributed by atoms with Gasteiger partial charge in [0.05, 0.1) is 0 Å². The van der Waals surface area contributed by atoms with Gasteiger partial charge in [0.25, 0.3) is 10.0 Å². The van der Waals surface area contributed by atoms with Crippen LogP contribution in [0.2, 0.25) is 0 Å². The van der Waals surface area contributed by atoms with E-state index in [0.29, 0.717) is 0 Å². The Bertz CT molecular complexity index is 364. The first-order valence-corrected chi connectivity index (χ1v) is 3.93. The molecule has 0 spiro atoms. The second-order valence-corrected chi connectivity index (χ2v) is 3.41. The lowest BCUT2D eigenvalue weighted by atomic mass is 10.4. The van der Waals surface area contributed by atoms with Crippen molar-refractivity contribution in [2.75, 3.05) is 0 Å². The predicted octanol–water partition coefficient (Wildman–Crippen LogP) is -1.34. The molecule has 7 heteroatoms. The van der Waals surface area contributed by atoms with Crippen LogP contribution in [0.4, 0.5) is 0 Å². The minimum absolute atomic E-state index is 0.532. The third-order valence-corrected chi connectivity index (χ3v) is 2.17. The van der Waals surface area contributed by atoms with Crippen LogP contribution < -0.4 is 5.73 Å². The van der Waals surface area contributed by atoms with Crippen molar-refractivity contribution < 1.29 is 18.3 Å². The highest BCUT2D eigenvalue weighted by molar-refractivity contribution is 7.94. The van der Waals surface area contributed by atoms with Gasteiger partial charge in [-0.2, -0.15) is 12.8 Å². The van der Waals surface area contributed by atoms with Gasteiger partial charge in [-0.3, -0.25) is 0 Å². The van der Waals surface area contributed by atoms with Crippen LogP contribution in [0.3, 0.4) is 0 Å². The van der Waals surface area contributed by atoms with Crippen molar-refractivity contribution in [3.8, 4) is 0 Å². The molecule has 3 N–H and O–H groups in total. The van der Waals surface area contributed by atoms with Gasteiger partial charge in [0.15, 0.2) is 10.7 Å². The van der Waals surface area contributed by atoms with Gasteiger partial charge in [0.1, 0.15) is 0 Å². The molecule has 0 saturated heterocycles. The number of nitrogens with two attached hydrogens (primary N) is 1. The molecule has 0 amide bonds. The molecule has 0 unspecified atom stereocenters. The van der Waals surface area contributed by atoms with Crippen molar-refractivity contribution >= 4 is 21.7 Å². The summed E-state index contributed by atoms with van der Waals surface area (Å²) in [6.07, 6.45) is 0.803. The molecule has 60 valence electrons. The minimum atomic E-state index is -3.87. The first-order valence-electron chi connectivity index (χ1n) is 2.49. The van der Waals surface area contributed by atoms with E-state index in [9.17, 15) is 13.2 Å². The largest absolute Gasteiger partial charge is 0.476 e. The van der Waals surface area contributed by atoms with Gasteiger partial charge >= 0.3 is 5.97 Å². The maximum absolute atomic E-state index is 10.6. The van der Waals surface area contributed by atoms with Crippen LogP contribution in [0.15, 0.2) is 15.5 Å². The summed E-state index contributed by atoms with van der Waals surface area (Å²) in [7, 11) is -3.87. The summed E-state index contributed by atoms with van der Waals surface area (Å²) in [6.45, 7) is 0. The Morgan fingerprint density at radius 3 is 2.36 bits per heavy atom. The summed E-state index contributed by atoms with van der Waals surface area (Å²) < 4.78 is 24.1. The lowest BCUT2D eigenvalue weighted by Gasteiger charge is -1.85. The highest BCUT2D eigenvalue weighted by atomic mass is 32.2. The molecule has 0 saturated carbocycles. The van der Waals surface area contributed by atoms with E-state index in [1.165, 1.54) is 0 Å². The molecular formula is C4H4N2O4S. The fourth-order valence-electron chi connectivity index (χ4n) is 0.519. The lowest BCUT2D eigenvalue weighted by Crippen LogP contribution is -2.07. The fraction of sp³-hybridized carbons (Fsp3) is 0. The van der Waals surface area contributed by atoms with Crippen LogP contribution in [-0.4, -0.2) is 25.2 Å². The van der Waals surface area contributed by atoms with Crippen molar-refractivity contribution in [2.45, 2.75) is 0 Å².